The van der Waals surface area contributed by atoms with Crippen molar-refractivity contribution in [1.82, 2.24) is 15.3 Å². The minimum atomic E-state index is -1.47. The maximum atomic E-state index is 15.1. The maximum Gasteiger partial charge on any atom is 0.256 e. The number of nitrogens with zero attached hydrogens (tertiary/aromatic N) is 3. The predicted molar refractivity (Wildman–Crippen MR) is 147 cm³/mol. The van der Waals surface area contributed by atoms with E-state index in [-0.39, 0.29) is 35.5 Å². The molecule has 4 aromatic rings. The van der Waals surface area contributed by atoms with E-state index in [4.69, 9.17) is 9.47 Å². The zero-order chi connectivity index (χ0) is 30.0. The van der Waals surface area contributed by atoms with E-state index in [0.29, 0.717) is 16.7 Å². The highest BCUT2D eigenvalue weighted by atomic mass is 19.1. The Balaban J connectivity index is 1.35. The lowest BCUT2D eigenvalue weighted by Gasteiger charge is -2.25. The molecule has 2 aromatic heterocycles. The van der Waals surface area contributed by atoms with Crippen LogP contribution in [-0.2, 0) is 9.59 Å². The number of nitrogens with one attached hydrogen (secondary N) is 2. The third-order valence-electron chi connectivity index (χ3n) is 6.89. The molecular weight excluding hydrogens is 552 g/mol. The fourth-order valence-corrected chi connectivity index (χ4v) is 4.45. The number of hydrogen-bond acceptors (Lipinski definition) is 8. The highest BCUT2D eigenvalue weighted by Gasteiger charge is 2.58. The number of aliphatic hydroxyl groups is 1. The molecule has 2 aromatic carbocycles. The Morgan fingerprint density at radius 2 is 1.79 bits per heavy atom. The zero-order valence-electron chi connectivity index (χ0n) is 22.5. The molecule has 1 fully saturated rings. The number of pyridine rings is 2. The Kier molecular flexibility index (Phi) is 7.68. The molecule has 0 radical (unpaired) electrons. The lowest BCUT2D eigenvalue weighted by molar-refractivity contribution is -0.133. The third kappa shape index (κ3) is 5.29. The number of halogens is 2. The molecule has 1 aliphatic rings. The second kappa shape index (κ2) is 11.4. The first-order valence-electron chi connectivity index (χ1n) is 12.7. The molecule has 0 atom stereocenters. The van der Waals surface area contributed by atoms with Gasteiger partial charge in [0.25, 0.3) is 11.8 Å². The van der Waals surface area contributed by atoms with Crippen molar-refractivity contribution < 1.29 is 37.7 Å². The van der Waals surface area contributed by atoms with E-state index in [1.54, 1.807) is 6.07 Å². The fourth-order valence-electron chi connectivity index (χ4n) is 4.45. The topological polar surface area (TPSA) is 143 Å². The van der Waals surface area contributed by atoms with Crippen LogP contribution in [0.15, 0.2) is 60.9 Å². The van der Waals surface area contributed by atoms with E-state index >= 15 is 4.39 Å². The van der Waals surface area contributed by atoms with Crippen molar-refractivity contribution in [2.45, 2.75) is 12.8 Å². The van der Waals surface area contributed by atoms with Crippen molar-refractivity contribution in [2.24, 2.45) is 5.41 Å². The number of anilines is 2. The molecule has 1 aliphatic carbocycles. The standard InChI is InChI=1S/C29H25F2N5O6/c1-32-25(38)20-12-19-22(13-24(20)41-2)33-10-7-23(19)42-26-21(31)11-17(14-34-26)35-27(39)29(8-9-29)28(40)36(15-37)18-5-3-16(30)4-6-18/h3-7,10-14,37H,8-9,15H2,1-2H3,(H,32,38)(H,35,39). The number of methoxy groups -OCH3 is 1. The van der Waals surface area contributed by atoms with Crippen molar-refractivity contribution >= 4 is 40.0 Å². The molecule has 3 N–H and O–H groups in total. The molecule has 0 spiro atoms. The lowest BCUT2D eigenvalue weighted by Crippen LogP contribution is -2.43. The SMILES string of the molecule is CNC(=O)c1cc2c(Oc3ncc(NC(=O)C4(C(=O)N(CO)c5ccc(F)cc5)CC4)cc3F)ccnc2cc1OC. The highest BCUT2D eigenvalue weighted by molar-refractivity contribution is 6.17. The van der Waals surface area contributed by atoms with Crippen LogP contribution in [0.4, 0.5) is 20.2 Å². The summed E-state index contributed by atoms with van der Waals surface area (Å²) in [7, 11) is 2.89. The molecule has 13 heteroatoms. The summed E-state index contributed by atoms with van der Waals surface area (Å²) in [5.41, 5.74) is -0.616. The molecule has 11 nitrogen and oxygen atoms in total. The van der Waals surface area contributed by atoms with Gasteiger partial charge in [0, 0.05) is 36.5 Å². The molecule has 0 saturated heterocycles. The Labute approximate surface area is 238 Å². The van der Waals surface area contributed by atoms with Crippen molar-refractivity contribution in [1.29, 1.82) is 0 Å². The van der Waals surface area contributed by atoms with Crippen molar-refractivity contribution in [3.8, 4) is 17.4 Å². The average molecular weight is 578 g/mol. The van der Waals surface area contributed by atoms with Crippen LogP contribution in [0, 0.1) is 17.0 Å². The molecule has 216 valence electrons. The van der Waals surface area contributed by atoms with Gasteiger partial charge >= 0.3 is 0 Å². The quantitative estimate of drug-likeness (QED) is 0.202. The summed E-state index contributed by atoms with van der Waals surface area (Å²) in [6.45, 7) is -0.719. The van der Waals surface area contributed by atoms with Crippen LogP contribution >= 0.6 is 0 Å². The minimum absolute atomic E-state index is 0.0209. The number of aliphatic hydroxyl groups excluding tert-OH is 1. The second-order valence-electron chi connectivity index (χ2n) is 9.46. The summed E-state index contributed by atoms with van der Waals surface area (Å²) in [6.07, 6.45) is 3.04. The largest absolute Gasteiger partial charge is 0.496 e. The van der Waals surface area contributed by atoms with E-state index in [9.17, 15) is 23.9 Å². The van der Waals surface area contributed by atoms with E-state index < -0.39 is 47.4 Å². The Morgan fingerprint density at radius 3 is 2.40 bits per heavy atom. The average Bonchev–Trinajstić information content (AvgIpc) is 3.81. The molecule has 0 aliphatic heterocycles. The van der Waals surface area contributed by atoms with Gasteiger partial charge in [-0.05, 0) is 49.2 Å². The zero-order valence-corrected chi connectivity index (χ0v) is 22.5. The van der Waals surface area contributed by atoms with Crippen LogP contribution in [0.25, 0.3) is 10.9 Å². The monoisotopic (exact) mass is 577 g/mol. The van der Waals surface area contributed by atoms with Gasteiger partial charge in [-0.3, -0.25) is 24.3 Å². The van der Waals surface area contributed by atoms with Gasteiger partial charge in [-0.15, -0.1) is 0 Å². The number of carbonyl (C=O) groups is 3. The second-order valence-corrected chi connectivity index (χ2v) is 9.46. The number of aromatic nitrogens is 2. The van der Waals surface area contributed by atoms with Crippen molar-refractivity contribution in [2.75, 3.05) is 31.1 Å². The first-order chi connectivity index (χ1) is 20.2. The highest BCUT2D eigenvalue weighted by Crippen LogP contribution is 2.49. The van der Waals surface area contributed by atoms with Gasteiger partial charge in [0.15, 0.2) is 5.82 Å². The van der Waals surface area contributed by atoms with Crippen LogP contribution in [0.3, 0.4) is 0 Å². The van der Waals surface area contributed by atoms with E-state index in [0.717, 1.165) is 23.1 Å². The number of amides is 3. The molecule has 42 heavy (non-hydrogen) atoms. The van der Waals surface area contributed by atoms with Gasteiger partial charge in [0.2, 0.25) is 11.8 Å². The van der Waals surface area contributed by atoms with Crippen LogP contribution in [0.5, 0.6) is 17.4 Å². The summed E-state index contributed by atoms with van der Waals surface area (Å²) >= 11 is 0. The molecule has 0 bridgehead atoms. The molecule has 3 amide bonds. The first-order valence-corrected chi connectivity index (χ1v) is 12.7. The summed E-state index contributed by atoms with van der Waals surface area (Å²) in [5.74, 6) is -3.13. The summed E-state index contributed by atoms with van der Waals surface area (Å²) < 4.78 is 39.4. The van der Waals surface area contributed by atoms with Crippen molar-refractivity contribution in [3.05, 3.63) is 78.1 Å². The number of ether oxygens (including phenoxy) is 2. The summed E-state index contributed by atoms with van der Waals surface area (Å²) in [4.78, 5) is 47.9. The number of fused-ring (bicyclic) bond motifs is 1. The van der Waals surface area contributed by atoms with Crippen LogP contribution in [0.2, 0.25) is 0 Å². The van der Waals surface area contributed by atoms with Gasteiger partial charge < -0.3 is 25.2 Å². The van der Waals surface area contributed by atoms with Crippen LogP contribution in [0.1, 0.15) is 23.2 Å². The van der Waals surface area contributed by atoms with Gasteiger partial charge in [-0.25, -0.2) is 13.8 Å². The number of hydrogen-bond donors (Lipinski definition) is 3. The van der Waals surface area contributed by atoms with Crippen LogP contribution in [-0.4, -0.2) is 53.7 Å². The molecule has 1 saturated carbocycles. The van der Waals surface area contributed by atoms with E-state index in [1.807, 2.05) is 0 Å². The number of benzene rings is 2. The minimum Gasteiger partial charge on any atom is -0.496 e. The van der Waals surface area contributed by atoms with Crippen molar-refractivity contribution in [3.63, 3.8) is 0 Å². The third-order valence-corrected chi connectivity index (χ3v) is 6.89. The van der Waals surface area contributed by atoms with Crippen LogP contribution < -0.4 is 25.0 Å². The number of rotatable bonds is 9. The van der Waals surface area contributed by atoms with E-state index in [1.165, 1.54) is 50.8 Å². The van der Waals surface area contributed by atoms with E-state index in [2.05, 4.69) is 20.6 Å². The lowest BCUT2D eigenvalue weighted by atomic mass is 10.0. The predicted octanol–water partition coefficient (Wildman–Crippen LogP) is 3.77. The molecule has 5 rings (SSSR count). The normalized spacial score (nSPS) is 13.3. The molecule has 0 unspecified atom stereocenters. The molecular formula is C29H25F2N5O6. The van der Waals surface area contributed by atoms with Gasteiger partial charge in [0.1, 0.15) is 29.5 Å². The molecule has 2 heterocycles. The smallest absolute Gasteiger partial charge is 0.256 e. The summed E-state index contributed by atoms with van der Waals surface area (Å²) in [5, 5.41) is 15.2. The Morgan fingerprint density at radius 1 is 1.05 bits per heavy atom. The fraction of sp³-hybridized carbons (Fsp3) is 0.207. The van der Waals surface area contributed by atoms with Gasteiger partial charge in [0.05, 0.1) is 30.1 Å². The summed E-state index contributed by atoms with van der Waals surface area (Å²) in [6, 6.07) is 10.4. The number of carbonyl (C=O) groups excluding carboxylic acids is 3. The van der Waals surface area contributed by atoms with Gasteiger partial charge in [-0.2, -0.15) is 0 Å². The Bertz CT molecular complexity index is 1690. The first kappa shape index (κ1) is 28.4. The Hall–Kier alpha value is -5.17. The van der Waals surface area contributed by atoms with Gasteiger partial charge in [-0.1, -0.05) is 0 Å². The maximum absolute atomic E-state index is 15.1.